The second-order valence-electron chi connectivity index (χ2n) is 5.09. The number of benzene rings is 1. The van der Waals surface area contributed by atoms with E-state index in [1.165, 1.54) is 24.9 Å². The Kier molecular flexibility index (Phi) is 5.10. The highest BCUT2D eigenvalue weighted by atomic mass is 79.9. The molecule has 0 N–H and O–H groups in total. The number of hydrogen-bond donors (Lipinski definition) is 0. The van der Waals surface area contributed by atoms with Gasteiger partial charge >= 0.3 is 0 Å². The number of nitrogens with zero attached hydrogens (tertiary/aromatic N) is 1. The monoisotopic (exact) mass is 375 g/mol. The minimum Gasteiger partial charge on any atom is -0.497 e. The Morgan fingerprint density at radius 1 is 1.39 bits per heavy atom. The van der Waals surface area contributed by atoms with Crippen LogP contribution in [0, 0.1) is 5.92 Å². The Morgan fingerprint density at radius 3 is 2.72 bits per heavy atom. The quantitative estimate of drug-likeness (QED) is 0.718. The van der Waals surface area contributed by atoms with Crippen LogP contribution < -0.4 is 4.74 Å². The molecule has 0 heterocycles. The molecule has 1 aromatic rings. The minimum atomic E-state index is 0.749. The molecule has 1 aliphatic rings. The van der Waals surface area contributed by atoms with Crippen molar-refractivity contribution in [1.29, 1.82) is 0 Å². The third-order valence-corrected chi connectivity index (χ3v) is 4.96. The number of halogens is 2. The van der Waals surface area contributed by atoms with Crippen LogP contribution in [0.3, 0.4) is 0 Å². The number of alkyl halides is 1. The zero-order chi connectivity index (χ0) is 13.1. The van der Waals surface area contributed by atoms with Gasteiger partial charge in [-0.2, -0.15) is 0 Å². The fraction of sp³-hybridized carbons (Fsp3) is 0.571. The van der Waals surface area contributed by atoms with Crippen molar-refractivity contribution >= 4 is 31.9 Å². The van der Waals surface area contributed by atoms with Crippen molar-refractivity contribution in [3.05, 3.63) is 28.2 Å². The van der Waals surface area contributed by atoms with E-state index in [1.807, 2.05) is 6.07 Å². The summed E-state index contributed by atoms with van der Waals surface area (Å²) in [6.07, 6.45) is 2.62. The summed E-state index contributed by atoms with van der Waals surface area (Å²) in [7, 11) is 3.90. The molecule has 1 aliphatic carbocycles. The first-order valence-electron chi connectivity index (χ1n) is 6.23. The lowest BCUT2D eigenvalue weighted by Crippen LogP contribution is -2.34. The molecule has 0 amide bonds. The standard InChI is InChI=1S/C14H19Br2NO/c1-17(8-10-5-12(15)6-10)9-11-7-13(18-2)3-4-14(11)16/h3-4,7,10,12H,5-6,8-9H2,1-2H3. The zero-order valence-electron chi connectivity index (χ0n) is 10.8. The molecular weight excluding hydrogens is 358 g/mol. The summed E-state index contributed by atoms with van der Waals surface area (Å²) in [5, 5.41) is 0. The molecule has 18 heavy (non-hydrogen) atoms. The maximum atomic E-state index is 5.27. The van der Waals surface area contributed by atoms with Crippen molar-refractivity contribution in [2.24, 2.45) is 5.92 Å². The van der Waals surface area contributed by atoms with E-state index in [2.05, 4.69) is 55.9 Å². The third-order valence-electron chi connectivity index (χ3n) is 3.44. The first-order valence-corrected chi connectivity index (χ1v) is 7.94. The summed E-state index contributed by atoms with van der Waals surface area (Å²) in [6, 6.07) is 6.14. The molecule has 0 radical (unpaired) electrons. The van der Waals surface area contributed by atoms with Crippen molar-refractivity contribution < 1.29 is 4.74 Å². The average Bonchev–Trinajstić information content (AvgIpc) is 2.30. The largest absolute Gasteiger partial charge is 0.497 e. The van der Waals surface area contributed by atoms with Gasteiger partial charge in [-0.1, -0.05) is 31.9 Å². The van der Waals surface area contributed by atoms with E-state index in [-0.39, 0.29) is 0 Å². The molecule has 0 aromatic heterocycles. The Hall–Kier alpha value is -0.0600. The van der Waals surface area contributed by atoms with Crippen molar-refractivity contribution in [1.82, 2.24) is 4.90 Å². The second kappa shape index (κ2) is 6.40. The molecule has 1 saturated carbocycles. The SMILES string of the molecule is COc1ccc(Br)c(CN(C)CC2CC(Br)C2)c1. The maximum absolute atomic E-state index is 5.27. The molecule has 4 heteroatoms. The van der Waals surface area contributed by atoms with Crippen LogP contribution in [0.15, 0.2) is 22.7 Å². The van der Waals surface area contributed by atoms with E-state index >= 15 is 0 Å². The highest BCUT2D eigenvalue weighted by molar-refractivity contribution is 9.10. The van der Waals surface area contributed by atoms with Gasteiger partial charge in [-0.15, -0.1) is 0 Å². The van der Waals surface area contributed by atoms with Crippen molar-refractivity contribution in [2.75, 3.05) is 20.7 Å². The van der Waals surface area contributed by atoms with Gasteiger partial charge in [-0.25, -0.2) is 0 Å². The van der Waals surface area contributed by atoms with Gasteiger partial charge in [0.05, 0.1) is 7.11 Å². The number of methoxy groups -OCH3 is 1. The lowest BCUT2D eigenvalue weighted by atomic mass is 9.85. The van der Waals surface area contributed by atoms with Gasteiger partial charge < -0.3 is 9.64 Å². The van der Waals surface area contributed by atoms with E-state index in [1.54, 1.807) is 7.11 Å². The predicted octanol–water partition coefficient (Wildman–Crippen LogP) is 4.06. The van der Waals surface area contributed by atoms with Crippen LogP contribution in [0.25, 0.3) is 0 Å². The van der Waals surface area contributed by atoms with Crippen LogP contribution in [0.1, 0.15) is 18.4 Å². The van der Waals surface area contributed by atoms with Crippen LogP contribution in [-0.4, -0.2) is 30.4 Å². The first-order chi connectivity index (χ1) is 8.58. The smallest absolute Gasteiger partial charge is 0.119 e. The van der Waals surface area contributed by atoms with Crippen molar-refractivity contribution in [3.63, 3.8) is 0 Å². The Labute approximate surface area is 126 Å². The molecule has 0 spiro atoms. The van der Waals surface area contributed by atoms with Crippen molar-refractivity contribution in [2.45, 2.75) is 24.2 Å². The fourth-order valence-corrected chi connectivity index (χ4v) is 3.83. The minimum absolute atomic E-state index is 0.749. The molecule has 2 nitrogen and oxygen atoms in total. The van der Waals surface area contributed by atoms with Gasteiger partial charge in [-0.05, 0) is 49.6 Å². The summed E-state index contributed by atoms with van der Waals surface area (Å²) in [4.78, 5) is 3.14. The predicted molar refractivity (Wildman–Crippen MR) is 82.5 cm³/mol. The van der Waals surface area contributed by atoms with Crippen LogP contribution in [0.4, 0.5) is 0 Å². The number of hydrogen-bond acceptors (Lipinski definition) is 2. The van der Waals surface area contributed by atoms with Gasteiger partial charge in [-0.3, -0.25) is 0 Å². The summed E-state index contributed by atoms with van der Waals surface area (Å²) in [5.41, 5.74) is 1.28. The Morgan fingerprint density at radius 2 is 2.11 bits per heavy atom. The Bertz CT molecular complexity index is 405. The third kappa shape index (κ3) is 3.72. The zero-order valence-corrected chi connectivity index (χ0v) is 14.0. The normalized spacial score (nSPS) is 22.9. The molecule has 0 saturated heterocycles. The summed E-state index contributed by atoms with van der Waals surface area (Å²) < 4.78 is 6.43. The maximum Gasteiger partial charge on any atom is 0.119 e. The molecule has 100 valence electrons. The second-order valence-corrected chi connectivity index (χ2v) is 7.24. The topological polar surface area (TPSA) is 12.5 Å². The lowest BCUT2D eigenvalue weighted by molar-refractivity contribution is 0.208. The molecule has 0 bridgehead atoms. The summed E-state index contributed by atoms with van der Waals surface area (Å²) in [5.74, 6) is 1.77. The highest BCUT2D eigenvalue weighted by Crippen LogP contribution is 2.34. The van der Waals surface area contributed by atoms with E-state index in [9.17, 15) is 0 Å². The Balaban J connectivity index is 1.91. The summed E-state index contributed by atoms with van der Waals surface area (Å²) >= 11 is 7.25. The molecule has 0 aliphatic heterocycles. The van der Waals surface area contributed by atoms with Crippen LogP contribution >= 0.6 is 31.9 Å². The average molecular weight is 377 g/mol. The highest BCUT2D eigenvalue weighted by Gasteiger charge is 2.27. The van der Waals surface area contributed by atoms with Crippen LogP contribution in [-0.2, 0) is 6.54 Å². The van der Waals surface area contributed by atoms with Gasteiger partial charge in [0.2, 0.25) is 0 Å². The summed E-state index contributed by atoms with van der Waals surface area (Å²) in [6.45, 7) is 2.13. The molecule has 1 fully saturated rings. The van der Waals surface area contributed by atoms with E-state index in [4.69, 9.17) is 4.74 Å². The molecular formula is C14H19Br2NO. The van der Waals surface area contributed by atoms with E-state index < -0.39 is 0 Å². The first kappa shape index (κ1) is 14.4. The van der Waals surface area contributed by atoms with Crippen molar-refractivity contribution in [3.8, 4) is 5.75 Å². The molecule has 1 aromatic carbocycles. The van der Waals surface area contributed by atoms with E-state index in [0.29, 0.717) is 0 Å². The molecule has 0 atom stereocenters. The van der Waals surface area contributed by atoms with Gasteiger partial charge in [0.25, 0.3) is 0 Å². The fourth-order valence-electron chi connectivity index (χ4n) is 2.40. The lowest BCUT2D eigenvalue weighted by Gasteiger charge is -2.34. The van der Waals surface area contributed by atoms with Crippen LogP contribution in [0.2, 0.25) is 0 Å². The van der Waals surface area contributed by atoms with E-state index in [0.717, 1.165) is 27.5 Å². The molecule has 2 rings (SSSR count). The van der Waals surface area contributed by atoms with Gasteiger partial charge in [0.1, 0.15) is 5.75 Å². The number of rotatable bonds is 5. The molecule has 0 unspecified atom stereocenters. The van der Waals surface area contributed by atoms with Gasteiger partial charge in [0, 0.05) is 22.4 Å². The van der Waals surface area contributed by atoms with Gasteiger partial charge in [0.15, 0.2) is 0 Å². The number of ether oxygens (including phenoxy) is 1. The van der Waals surface area contributed by atoms with Crippen LogP contribution in [0.5, 0.6) is 5.75 Å².